The topological polar surface area (TPSA) is 76.7 Å². The largest absolute Gasteiger partial charge is 0.478 e. The summed E-state index contributed by atoms with van der Waals surface area (Å²) in [6.45, 7) is 7.71. The average molecular weight is 265 g/mol. The minimum Gasteiger partial charge on any atom is -0.478 e. The van der Waals surface area contributed by atoms with Crippen molar-refractivity contribution in [3.8, 4) is 0 Å². The van der Waals surface area contributed by atoms with Gasteiger partial charge in [0.25, 0.3) is 0 Å². The highest BCUT2D eigenvalue weighted by molar-refractivity contribution is 6.05. The van der Waals surface area contributed by atoms with E-state index in [1.165, 1.54) is 6.92 Å². The van der Waals surface area contributed by atoms with Gasteiger partial charge in [0, 0.05) is 30.6 Å². The van der Waals surface area contributed by atoms with E-state index in [9.17, 15) is 4.79 Å². The maximum atomic E-state index is 11.2. The minimum atomic E-state index is -1.28. The Labute approximate surface area is 112 Å². The molecule has 1 aromatic rings. The molecule has 1 unspecified atom stereocenters. The van der Waals surface area contributed by atoms with Gasteiger partial charge in [-0.1, -0.05) is 25.9 Å². The zero-order chi connectivity index (χ0) is 14.4. The summed E-state index contributed by atoms with van der Waals surface area (Å²) in [5.74, 6) is -1.01. The van der Waals surface area contributed by atoms with Gasteiger partial charge < -0.3 is 9.94 Å². The van der Waals surface area contributed by atoms with E-state index in [1.54, 1.807) is 4.68 Å². The van der Waals surface area contributed by atoms with Gasteiger partial charge in [-0.25, -0.2) is 4.79 Å². The summed E-state index contributed by atoms with van der Waals surface area (Å²) in [5, 5.41) is 17.6. The van der Waals surface area contributed by atoms with Crippen molar-refractivity contribution in [2.45, 2.75) is 45.1 Å². The number of nitrogens with zero attached hydrogens (tertiary/aromatic N) is 3. The van der Waals surface area contributed by atoms with Crippen LogP contribution in [0.5, 0.6) is 0 Å². The smallest absolute Gasteiger partial charge is 0.351 e. The van der Waals surface area contributed by atoms with Crippen LogP contribution in [-0.4, -0.2) is 32.2 Å². The van der Waals surface area contributed by atoms with Crippen molar-refractivity contribution in [3.63, 3.8) is 0 Å². The fourth-order valence-electron chi connectivity index (χ4n) is 2.05. The number of aliphatic carboxylic acids is 1. The van der Waals surface area contributed by atoms with Crippen molar-refractivity contribution in [3.05, 3.63) is 17.5 Å². The Morgan fingerprint density at radius 2 is 2.16 bits per heavy atom. The molecule has 0 fully saturated rings. The predicted molar refractivity (Wildman–Crippen MR) is 70.2 cm³/mol. The summed E-state index contributed by atoms with van der Waals surface area (Å²) in [4.78, 5) is 16.3. The molecular formula is C13H19N3O3. The van der Waals surface area contributed by atoms with Gasteiger partial charge in [0.15, 0.2) is 0 Å². The maximum absolute atomic E-state index is 11.2. The second-order valence-electron chi connectivity index (χ2n) is 6.16. The van der Waals surface area contributed by atoms with E-state index in [4.69, 9.17) is 9.94 Å². The van der Waals surface area contributed by atoms with Crippen molar-refractivity contribution in [2.75, 3.05) is 0 Å². The van der Waals surface area contributed by atoms with E-state index < -0.39 is 11.6 Å². The Hall–Kier alpha value is -1.85. The SMILES string of the molecule is Cn1cc(C2=NOC(C)(C(=O)O)C2)c(C(C)(C)C)n1. The van der Waals surface area contributed by atoms with Crippen molar-refractivity contribution < 1.29 is 14.7 Å². The number of aryl methyl sites for hydroxylation is 1. The van der Waals surface area contributed by atoms with Crippen LogP contribution in [0.15, 0.2) is 11.4 Å². The quantitative estimate of drug-likeness (QED) is 0.882. The number of oxime groups is 1. The number of carboxylic acid groups (broad SMARTS) is 1. The number of rotatable bonds is 2. The van der Waals surface area contributed by atoms with E-state index in [0.717, 1.165) is 11.3 Å². The first kappa shape index (κ1) is 13.6. The van der Waals surface area contributed by atoms with Crippen LogP contribution in [0.1, 0.15) is 45.4 Å². The lowest BCUT2D eigenvalue weighted by Gasteiger charge is -2.17. The van der Waals surface area contributed by atoms with E-state index in [0.29, 0.717) is 5.71 Å². The van der Waals surface area contributed by atoms with Crippen LogP contribution < -0.4 is 0 Å². The molecule has 0 radical (unpaired) electrons. The molecule has 0 aromatic carbocycles. The lowest BCUT2D eigenvalue weighted by Crippen LogP contribution is -2.35. The summed E-state index contributed by atoms with van der Waals surface area (Å²) in [6, 6.07) is 0. The van der Waals surface area contributed by atoms with Crippen LogP contribution in [0.2, 0.25) is 0 Å². The van der Waals surface area contributed by atoms with E-state index in [2.05, 4.69) is 31.0 Å². The molecule has 0 saturated heterocycles. The summed E-state index contributed by atoms with van der Waals surface area (Å²) < 4.78 is 1.72. The number of hydrogen-bond donors (Lipinski definition) is 1. The molecule has 0 bridgehead atoms. The molecule has 6 nitrogen and oxygen atoms in total. The molecule has 1 N–H and O–H groups in total. The molecule has 1 atom stereocenters. The molecule has 2 rings (SSSR count). The van der Waals surface area contributed by atoms with Crippen molar-refractivity contribution in [1.82, 2.24) is 9.78 Å². The highest BCUT2D eigenvalue weighted by Crippen LogP contribution is 2.31. The van der Waals surface area contributed by atoms with Gasteiger partial charge in [-0.3, -0.25) is 4.68 Å². The van der Waals surface area contributed by atoms with Crippen LogP contribution in [0.4, 0.5) is 0 Å². The van der Waals surface area contributed by atoms with E-state index >= 15 is 0 Å². The third kappa shape index (κ3) is 2.34. The molecule has 0 aliphatic carbocycles. The molecular weight excluding hydrogens is 246 g/mol. The van der Waals surface area contributed by atoms with Crippen molar-refractivity contribution >= 4 is 11.7 Å². The molecule has 0 spiro atoms. The van der Waals surface area contributed by atoms with E-state index in [1.807, 2.05) is 13.2 Å². The Morgan fingerprint density at radius 1 is 1.53 bits per heavy atom. The minimum absolute atomic E-state index is 0.138. The van der Waals surface area contributed by atoms with Gasteiger partial charge in [0.1, 0.15) is 0 Å². The Morgan fingerprint density at radius 3 is 2.63 bits per heavy atom. The third-order valence-electron chi connectivity index (χ3n) is 3.16. The summed E-state index contributed by atoms with van der Waals surface area (Å²) >= 11 is 0. The lowest BCUT2D eigenvalue weighted by molar-refractivity contribution is -0.160. The van der Waals surface area contributed by atoms with Gasteiger partial charge in [0.05, 0.1) is 11.4 Å². The number of hydrogen-bond acceptors (Lipinski definition) is 4. The highest BCUT2D eigenvalue weighted by atomic mass is 16.7. The van der Waals surface area contributed by atoms with E-state index in [-0.39, 0.29) is 11.8 Å². The molecule has 104 valence electrons. The molecule has 0 amide bonds. The molecule has 0 saturated carbocycles. The molecule has 1 aliphatic rings. The van der Waals surface area contributed by atoms with Crippen LogP contribution in [0.3, 0.4) is 0 Å². The Bertz CT molecular complexity index is 554. The van der Waals surface area contributed by atoms with Gasteiger partial charge >= 0.3 is 5.97 Å². The first-order valence-electron chi connectivity index (χ1n) is 6.16. The molecule has 1 aliphatic heterocycles. The first-order chi connectivity index (χ1) is 8.63. The fraction of sp³-hybridized carbons (Fsp3) is 0.615. The van der Waals surface area contributed by atoms with Gasteiger partial charge in [-0.15, -0.1) is 0 Å². The zero-order valence-electron chi connectivity index (χ0n) is 11.9. The first-order valence-corrected chi connectivity index (χ1v) is 6.16. The summed E-state index contributed by atoms with van der Waals surface area (Å²) in [7, 11) is 1.84. The summed E-state index contributed by atoms with van der Waals surface area (Å²) in [6.07, 6.45) is 2.10. The van der Waals surface area contributed by atoms with Gasteiger partial charge in [-0.05, 0) is 6.92 Å². The normalized spacial score (nSPS) is 23.1. The van der Waals surface area contributed by atoms with Crippen molar-refractivity contribution in [1.29, 1.82) is 0 Å². The molecule has 6 heteroatoms. The Kier molecular flexibility index (Phi) is 2.91. The van der Waals surface area contributed by atoms with Crippen LogP contribution in [0.25, 0.3) is 0 Å². The van der Waals surface area contributed by atoms with Gasteiger partial charge in [0.2, 0.25) is 5.60 Å². The van der Waals surface area contributed by atoms with Crippen LogP contribution in [-0.2, 0) is 22.1 Å². The molecule has 2 heterocycles. The Balaban J connectivity index is 2.38. The maximum Gasteiger partial charge on any atom is 0.351 e. The highest BCUT2D eigenvalue weighted by Gasteiger charge is 2.43. The second-order valence-corrected chi connectivity index (χ2v) is 6.16. The lowest BCUT2D eigenvalue weighted by atomic mass is 9.86. The third-order valence-corrected chi connectivity index (χ3v) is 3.16. The monoisotopic (exact) mass is 265 g/mol. The van der Waals surface area contributed by atoms with Crippen molar-refractivity contribution in [2.24, 2.45) is 12.2 Å². The van der Waals surface area contributed by atoms with Crippen LogP contribution >= 0.6 is 0 Å². The standard InChI is InChI=1S/C13H19N3O3/c1-12(2,3)10-8(7-16(5)14-10)9-6-13(4,11(17)18)19-15-9/h7H,6H2,1-5H3,(H,17,18). The van der Waals surface area contributed by atoms with Gasteiger partial charge in [-0.2, -0.15) is 5.10 Å². The number of carbonyl (C=O) groups is 1. The average Bonchev–Trinajstić information content (AvgIpc) is 2.82. The number of carboxylic acids is 1. The second kappa shape index (κ2) is 4.08. The molecule has 19 heavy (non-hydrogen) atoms. The predicted octanol–water partition coefficient (Wildman–Crippen LogP) is 1.69. The number of aromatic nitrogens is 2. The molecule has 1 aromatic heterocycles. The fourth-order valence-corrected chi connectivity index (χ4v) is 2.05. The zero-order valence-corrected chi connectivity index (χ0v) is 11.9. The van der Waals surface area contributed by atoms with Crippen LogP contribution in [0, 0.1) is 0 Å². The summed E-state index contributed by atoms with van der Waals surface area (Å²) in [5.41, 5.74) is 0.983.